The van der Waals surface area contributed by atoms with Gasteiger partial charge in [-0.25, -0.2) is 0 Å². The van der Waals surface area contributed by atoms with Crippen LogP contribution in [0.5, 0.6) is 23.0 Å². The van der Waals surface area contributed by atoms with Crippen LogP contribution >= 0.6 is 0 Å². The topological polar surface area (TPSA) is 99.4 Å². The van der Waals surface area contributed by atoms with Crippen LogP contribution in [0.4, 0.5) is 0 Å². The standard InChI is InChI=1S/C18H20O6/c1-23-15-6-5-12(17(21)18(15)22)4-3-11-7-13(9-19)14(10-20)16(8-11)24-2/h3-8,19-22H,9-10H2,1-2H3. The zero-order valence-corrected chi connectivity index (χ0v) is 13.5. The summed E-state index contributed by atoms with van der Waals surface area (Å²) in [6.07, 6.45) is 3.31. The molecule has 0 heterocycles. The molecular formula is C18H20O6. The van der Waals surface area contributed by atoms with Gasteiger partial charge in [0.1, 0.15) is 5.75 Å². The number of benzene rings is 2. The molecule has 0 aromatic heterocycles. The number of hydrogen-bond donors (Lipinski definition) is 4. The normalized spacial score (nSPS) is 11.0. The minimum atomic E-state index is -0.330. The zero-order chi connectivity index (χ0) is 17.7. The van der Waals surface area contributed by atoms with E-state index in [4.69, 9.17) is 9.47 Å². The molecule has 0 aliphatic heterocycles. The van der Waals surface area contributed by atoms with Crippen molar-refractivity contribution in [3.8, 4) is 23.0 Å². The van der Waals surface area contributed by atoms with Gasteiger partial charge >= 0.3 is 0 Å². The van der Waals surface area contributed by atoms with Crippen LogP contribution in [0.3, 0.4) is 0 Å². The number of methoxy groups -OCH3 is 2. The van der Waals surface area contributed by atoms with Crippen molar-refractivity contribution in [3.05, 3.63) is 46.5 Å². The molecule has 0 bridgehead atoms. The molecule has 4 N–H and O–H groups in total. The summed E-state index contributed by atoms with van der Waals surface area (Å²) in [5, 5.41) is 38.6. The minimum Gasteiger partial charge on any atom is -0.504 e. The number of aliphatic hydroxyl groups is 2. The van der Waals surface area contributed by atoms with Crippen LogP contribution in [0.25, 0.3) is 12.2 Å². The van der Waals surface area contributed by atoms with Crippen LogP contribution < -0.4 is 9.47 Å². The monoisotopic (exact) mass is 332 g/mol. The number of hydrogen-bond acceptors (Lipinski definition) is 6. The summed E-state index contributed by atoms with van der Waals surface area (Å²) in [6, 6.07) is 6.58. The van der Waals surface area contributed by atoms with E-state index in [9.17, 15) is 20.4 Å². The summed E-state index contributed by atoms with van der Waals surface area (Å²) >= 11 is 0. The third-order valence-corrected chi connectivity index (χ3v) is 3.69. The maximum atomic E-state index is 9.99. The predicted octanol–water partition coefficient (Wildman–Crippen LogP) is 2.27. The quantitative estimate of drug-likeness (QED) is 0.478. The summed E-state index contributed by atoms with van der Waals surface area (Å²) in [6.45, 7) is -0.474. The second-order valence-electron chi connectivity index (χ2n) is 5.06. The summed E-state index contributed by atoms with van der Waals surface area (Å²) < 4.78 is 10.2. The molecule has 0 saturated carbocycles. The zero-order valence-electron chi connectivity index (χ0n) is 13.5. The van der Waals surface area contributed by atoms with Gasteiger partial charge in [0.05, 0.1) is 27.4 Å². The number of ether oxygens (including phenoxy) is 2. The van der Waals surface area contributed by atoms with Crippen molar-refractivity contribution in [1.29, 1.82) is 0 Å². The summed E-state index contributed by atoms with van der Waals surface area (Å²) in [4.78, 5) is 0. The van der Waals surface area contributed by atoms with Gasteiger partial charge in [0.15, 0.2) is 11.5 Å². The second-order valence-corrected chi connectivity index (χ2v) is 5.06. The second kappa shape index (κ2) is 7.72. The van der Waals surface area contributed by atoms with Crippen LogP contribution in [0.2, 0.25) is 0 Å². The Kier molecular flexibility index (Phi) is 5.68. The molecule has 0 amide bonds. The molecule has 0 spiro atoms. The van der Waals surface area contributed by atoms with Gasteiger partial charge in [-0.2, -0.15) is 0 Å². The molecule has 24 heavy (non-hydrogen) atoms. The van der Waals surface area contributed by atoms with E-state index in [1.165, 1.54) is 14.2 Å². The molecule has 6 heteroatoms. The van der Waals surface area contributed by atoms with Crippen molar-refractivity contribution < 1.29 is 29.9 Å². The van der Waals surface area contributed by atoms with Crippen molar-refractivity contribution in [3.63, 3.8) is 0 Å². The number of aromatic hydroxyl groups is 2. The molecule has 2 aromatic rings. The van der Waals surface area contributed by atoms with E-state index in [2.05, 4.69) is 0 Å². The number of phenols is 2. The molecule has 0 aliphatic carbocycles. The van der Waals surface area contributed by atoms with Crippen LogP contribution in [0.15, 0.2) is 24.3 Å². The van der Waals surface area contributed by atoms with Gasteiger partial charge < -0.3 is 29.9 Å². The molecule has 6 nitrogen and oxygen atoms in total. The van der Waals surface area contributed by atoms with Crippen molar-refractivity contribution in [2.45, 2.75) is 13.2 Å². The fourth-order valence-corrected chi connectivity index (χ4v) is 2.39. The van der Waals surface area contributed by atoms with Crippen molar-refractivity contribution >= 4 is 12.2 Å². The first-order chi connectivity index (χ1) is 11.5. The largest absolute Gasteiger partial charge is 0.504 e. The molecule has 0 unspecified atom stereocenters. The SMILES string of the molecule is COc1ccc(C=Cc2cc(CO)c(CO)c(OC)c2)c(O)c1O. The van der Waals surface area contributed by atoms with Crippen LogP contribution in [-0.4, -0.2) is 34.6 Å². The highest BCUT2D eigenvalue weighted by atomic mass is 16.5. The van der Waals surface area contributed by atoms with Gasteiger partial charge in [0.25, 0.3) is 0 Å². The van der Waals surface area contributed by atoms with Crippen LogP contribution in [0, 0.1) is 0 Å². The van der Waals surface area contributed by atoms with E-state index < -0.39 is 0 Å². The Hall–Kier alpha value is -2.70. The van der Waals surface area contributed by atoms with Crippen LogP contribution in [-0.2, 0) is 13.2 Å². The van der Waals surface area contributed by atoms with E-state index in [-0.39, 0.29) is 30.5 Å². The molecule has 128 valence electrons. The average Bonchev–Trinajstić information content (AvgIpc) is 2.61. The fourth-order valence-electron chi connectivity index (χ4n) is 2.39. The highest BCUT2D eigenvalue weighted by Gasteiger charge is 2.11. The first-order valence-corrected chi connectivity index (χ1v) is 7.24. The fraction of sp³-hybridized carbons (Fsp3) is 0.222. The van der Waals surface area contributed by atoms with Gasteiger partial charge in [0, 0.05) is 11.1 Å². The van der Waals surface area contributed by atoms with E-state index >= 15 is 0 Å². The van der Waals surface area contributed by atoms with Gasteiger partial charge in [0.2, 0.25) is 5.75 Å². The first-order valence-electron chi connectivity index (χ1n) is 7.24. The van der Waals surface area contributed by atoms with Gasteiger partial charge in [-0.15, -0.1) is 0 Å². The Bertz CT molecular complexity index is 726. The van der Waals surface area contributed by atoms with E-state index in [0.29, 0.717) is 28.0 Å². The molecule has 0 fully saturated rings. The van der Waals surface area contributed by atoms with Crippen molar-refractivity contribution in [2.75, 3.05) is 14.2 Å². The summed E-state index contributed by atoms with van der Waals surface area (Å²) in [7, 11) is 2.88. The van der Waals surface area contributed by atoms with Gasteiger partial charge in [-0.3, -0.25) is 0 Å². The Morgan fingerprint density at radius 2 is 1.58 bits per heavy atom. The Balaban J connectivity index is 2.41. The predicted molar refractivity (Wildman–Crippen MR) is 90.1 cm³/mol. The number of phenolic OH excluding ortho intramolecular Hbond substituents is 2. The van der Waals surface area contributed by atoms with E-state index in [1.807, 2.05) is 0 Å². The lowest BCUT2D eigenvalue weighted by Gasteiger charge is -2.12. The summed E-state index contributed by atoms with van der Waals surface area (Å²) in [5.74, 6) is 0.0301. The maximum absolute atomic E-state index is 9.99. The smallest absolute Gasteiger partial charge is 0.201 e. The number of rotatable bonds is 6. The molecule has 2 aromatic carbocycles. The molecule has 0 aliphatic rings. The van der Waals surface area contributed by atoms with Gasteiger partial charge in [-0.1, -0.05) is 12.2 Å². The Morgan fingerprint density at radius 1 is 0.875 bits per heavy atom. The third kappa shape index (κ3) is 3.45. The molecular weight excluding hydrogens is 312 g/mol. The average molecular weight is 332 g/mol. The van der Waals surface area contributed by atoms with Crippen molar-refractivity contribution in [2.24, 2.45) is 0 Å². The molecule has 0 atom stereocenters. The first kappa shape index (κ1) is 17.7. The minimum absolute atomic E-state index is 0.182. The lowest BCUT2D eigenvalue weighted by atomic mass is 10.0. The Labute approximate surface area is 139 Å². The highest BCUT2D eigenvalue weighted by molar-refractivity contribution is 5.76. The Morgan fingerprint density at radius 3 is 2.17 bits per heavy atom. The van der Waals surface area contributed by atoms with E-state index in [1.54, 1.807) is 36.4 Å². The van der Waals surface area contributed by atoms with Crippen molar-refractivity contribution in [1.82, 2.24) is 0 Å². The molecule has 0 saturated heterocycles. The lowest BCUT2D eigenvalue weighted by Crippen LogP contribution is -1.99. The highest BCUT2D eigenvalue weighted by Crippen LogP contribution is 2.38. The molecule has 2 rings (SSSR count). The van der Waals surface area contributed by atoms with Gasteiger partial charge in [-0.05, 0) is 35.4 Å². The van der Waals surface area contributed by atoms with Crippen LogP contribution in [0.1, 0.15) is 22.3 Å². The van der Waals surface area contributed by atoms with E-state index in [0.717, 1.165) is 0 Å². The number of aliphatic hydroxyl groups excluding tert-OH is 2. The third-order valence-electron chi connectivity index (χ3n) is 3.69. The summed E-state index contributed by atoms with van der Waals surface area (Å²) in [5.41, 5.74) is 2.20. The maximum Gasteiger partial charge on any atom is 0.201 e. The lowest BCUT2D eigenvalue weighted by molar-refractivity contribution is 0.254. The molecule has 0 radical (unpaired) electrons.